The number of nitrogens with two attached hydrogens (primary N) is 1. The molecule has 1 heterocycles. The molecule has 0 atom stereocenters. The van der Waals surface area contributed by atoms with Crippen molar-refractivity contribution in [3.8, 4) is 0 Å². The number of nitrogens with one attached hydrogen (secondary N) is 1. The number of nitrogen functional groups attached to an aromatic ring is 1. The number of ketones is 1. The van der Waals surface area contributed by atoms with Crippen molar-refractivity contribution < 1.29 is 4.79 Å². The van der Waals surface area contributed by atoms with Gasteiger partial charge in [-0.3, -0.25) is 4.79 Å². The van der Waals surface area contributed by atoms with Crippen molar-refractivity contribution in [2.75, 3.05) is 5.73 Å². The minimum absolute atomic E-state index is 0.105. The van der Waals surface area contributed by atoms with Gasteiger partial charge in [0.05, 0.1) is 6.20 Å². The average Bonchev–Trinajstić information content (AvgIpc) is 2.14. The zero-order chi connectivity index (χ0) is 6.85. The van der Waals surface area contributed by atoms with Crippen LogP contribution in [-0.2, 0) is 0 Å². The Hall–Kier alpha value is -1.32. The lowest BCUT2D eigenvalue weighted by Gasteiger charge is -1.82. The summed E-state index contributed by atoms with van der Waals surface area (Å²) in [5.41, 5.74) is 5.25. The number of carbonyl (C=O) groups is 1. The van der Waals surface area contributed by atoms with Gasteiger partial charge in [0.25, 0.3) is 0 Å². The Morgan fingerprint density at radius 2 is 2.56 bits per heavy atom. The normalized spacial score (nSPS) is 9.44. The lowest BCUT2D eigenvalue weighted by atomic mass is 10.4. The standard InChI is InChI=1S/C5H7N3O/c1-3(9)5-7-2-4(6)8-5/h2H,6H2,1H3,(H,7,8). The zero-order valence-electron chi connectivity index (χ0n) is 5.01. The number of H-pyrrole nitrogens is 1. The third-order valence-electron chi connectivity index (χ3n) is 0.929. The molecule has 0 aromatic carbocycles. The Balaban J connectivity index is 2.98. The fourth-order valence-corrected chi connectivity index (χ4v) is 0.514. The minimum atomic E-state index is -0.105. The number of imidazole rings is 1. The number of anilines is 1. The van der Waals surface area contributed by atoms with Crippen molar-refractivity contribution in [3.05, 3.63) is 12.0 Å². The summed E-state index contributed by atoms with van der Waals surface area (Å²) in [5, 5.41) is 0. The van der Waals surface area contributed by atoms with Gasteiger partial charge in [0.2, 0.25) is 0 Å². The van der Waals surface area contributed by atoms with Crippen LogP contribution in [0.2, 0.25) is 0 Å². The fraction of sp³-hybridized carbons (Fsp3) is 0.200. The van der Waals surface area contributed by atoms with E-state index >= 15 is 0 Å². The van der Waals surface area contributed by atoms with Crippen LogP contribution in [0.25, 0.3) is 0 Å². The predicted molar refractivity (Wildman–Crippen MR) is 33.0 cm³/mol. The molecule has 0 aliphatic rings. The highest BCUT2D eigenvalue weighted by Gasteiger charge is 2.00. The number of carbonyl (C=O) groups excluding carboxylic acids is 1. The van der Waals surface area contributed by atoms with Crippen LogP contribution in [-0.4, -0.2) is 15.8 Å². The SMILES string of the molecule is CC(=O)c1ncc(N)[nH]1. The molecule has 1 aromatic heterocycles. The third-order valence-corrected chi connectivity index (χ3v) is 0.929. The Morgan fingerprint density at radius 3 is 2.78 bits per heavy atom. The lowest BCUT2D eigenvalue weighted by molar-refractivity contribution is 0.100. The van der Waals surface area contributed by atoms with Gasteiger partial charge in [-0.15, -0.1) is 0 Å². The summed E-state index contributed by atoms with van der Waals surface area (Å²) in [7, 11) is 0. The summed E-state index contributed by atoms with van der Waals surface area (Å²) >= 11 is 0. The molecule has 9 heavy (non-hydrogen) atoms. The molecular weight excluding hydrogens is 118 g/mol. The van der Waals surface area contributed by atoms with Gasteiger partial charge in [0.1, 0.15) is 5.82 Å². The first-order chi connectivity index (χ1) is 4.20. The topological polar surface area (TPSA) is 71.8 Å². The molecule has 1 aromatic rings. The van der Waals surface area contributed by atoms with Crippen LogP contribution in [0.5, 0.6) is 0 Å². The Morgan fingerprint density at radius 1 is 1.89 bits per heavy atom. The smallest absolute Gasteiger partial charge is 0.195 e. The van der Waals surface area contributed by atoms with Gasteiger partial charge in [-0.25, -0.2) is 4.98 Å². The molecule has 0 aliphatic heterocycles. The molecule has 0 amide bonds. The van der Waals surface area contributed by atoms with E-state index in [1.807, 2.05) is 0 Å². The van der Waals surface area contributed by atoms with Gasteiger partial charge in [0, 0.05) is 6.92 Å². The van der Waals surface area contributed by atoms with Crippen molar-refractivity contribution in [1.29, 1.82) is 0 Å². The van der Waals surface area contributed by atoms with Crippen LogP contribution in [0.1, 0.15) is 17.5 Å². The third kappa shape index (κ3) is 1.07. The van der Waals surface area contributed by atoms with Gasteiger partial charge in [-0.05, 0) is 0 Å². The number of rotatable bonds is 1. The number of aromatic nitrogens is 2. The maximum atomic E-state index is 10.5. The minimum Gasteiger partial charge on any atom is -0.384 e. The summed E-state index contributed by atoms with van der Waals surface area (Å²) in [5.74, 6) is 0.624. The van der Waals surface area contributed by atoms with E-state index in [-0.39, 0.29) is 5.78 Å². The van der Waals surface area contributed by atoms with Crippen LogP contribution < -0.4 is 5.73 Å². The Kier molecular flexibility index (Phi) is 1.22. The summed E-state index contributed by atoms with van der Waals surface area (Å²) < 4.78 is 0. The molecule has 0 radical (unpaired) electrons. The van der Waals surface area contributed by atoms with Crippen molar-refractivity contribution in [3.63, 3.8) is 0 Å². The van der Waals surface area contributed by atoms with E-state index in [2.05, 4.69) is 9.97 Å². The number of hydrogen-bond acceptors (Lipinski definition) is 3. The van der Waals surface area contributed by atoms with Crippen LogP contribution in [0.15, 0.2) is 6.20 Å². The molecule has 0 spiro atoms. The van der Waals surface area contributed by atoms with Crippen molar-refractivity contribution in [2.45, 2.75) is 6.92 Å². The second-order valence-electron chi connectivity index (χ2n) is 1.74. The van der Waals surface area contributed by atoms with Crippen LogP contribution in [0.3, 0.4) is 0 Å². The maximum Gasteiger partial charge on any atom is 0.195 e. The van der Waals surface area contributed by atoms with E-state index in [4.69, 9.17) is 5.73 Å². The average molecular weight is 125 g/mol. The number of nitrogens with zero attached hydrogens (tertiary/aromatic N) is 1. The molecular formula is C5H7N3O. The van der Waals surface area contributed by atoms with Crippen molar-refractivity contribution in [2.24, 2.45) is 0 Å². The monoisotopic (exact) mass is 125 g/mol. The number of aromatic amines is 1. The van der Waals surface area contributed by atoms with E-state index in [1.165, 1.54) is 13.1 Å². The highest BCUT2D eigenvalue weighted by molar-refractivity contribution is 5.90. The first-order valence-electron chi connectivity index (χ1n) is 2.51. The summed E-state index contributed by atoms with van der Waals surface area (Å²) in [6, 6.07) is 0. The highest BCUT2D eigenvalue weighted by Crippen LogP contribution is 1.96. The van der Waals surface area contributed by atoms with E-state index in [0.29, 0.717) is 11.6 Å². The molecule has 0 saturated carbocycles. The number of Topliss-reactive ketones (excluding diaryl/α,β-unsaturated/α-hetero) is 1. The molecule has 4 heteroatoms. The molecule has 4 nitrogen and oxygen atoms in total. The molecule has 0 unspecified atom stereocenters. The van der Waals surface area contributed by atoms with Crippen LogP contribution in [0, 0.1) is 0 Å². The molecule has 0 aliphatic carbocycles. The Bertz CT molecular complexity index is 228. The van der Waals surface area contributed by atoms with Crippen LogP contribution in [0.4, 0.5) is 5.82 Å². The van der Waals surface area contributed by atoms with E-state index < -0.39 is 0 Å². The van der Waals surface area contributed by atoms with E-state index in [0.717, 1.165) is 0 Å². The van der Waals surface area contributed by atoms with Crippen LogP contribution >= 0.6 is 0 Å². The summed E-state index contributed by atoms with van der Waals surface area (Å²) in [6.07, 6.45) is 1.41. The van der Waals surface area contributed by atoms with Crippen molar-refractivity contribution in [1.82, 2.24) is 9.97 Å². The highest BCUT2D eigenvalue weighted by atomic mass is 16.1. The largest absolute Gasteiger partial charge is 0.384 e. The zero-order valence-corrected chi connectivity index (χ0v) is 5.01. The molecule has 1 rings (SSSR count). The number of hydrogen-bond donors (Lipinski definition) is 2. The van der Waals surface area contributed by atoms with Gasteiger partial charge < -0.3 is 10.7 Å². The summed E-state index contributed by atoms with van der Waals surface area (Å²) in [4.78, 5) is 16.8. The lowest BCUT2D eigenvalue weighted by Crippen LogP contribution is -1.94. The first-order valence-corrected chi connectivity index (χ1v) is 2.51. The molecule has 0 saturated heterocycles. The Labute approximate surface area is 52.1 Å². The van der Waals surface area contributed by atoms with Crippen molar-refractivity contribution >= 4 is 11.6 Å². The summed E-state index contributed by atoms with van der Waals surface area (Å²) in [6.45, 7) is 1.43. The molecule has 48 valence electrons. The molecule has 0 bridgehead atoms. The second kappa shape index (κ2) is 1.89. The maximum absolute atomic E-state index is 10.5. The van der Waals surface area contributed by atoms with Gasteiger partial charge in [-0.1, -0.05) is 0 Å². The van der Waals surface area contributed by atoms with Gasteiger partial charge in [0.15, 0.2) is 11.6 Å². The van der Waals surface area contributed by atoms with Gasteiger partial charge >= 0.3 is 0 Å². The molecule has 0 fully saturated rings. The fourth-order valence-electron chi connectivity index (χ4n) is 0.514. The quantitative estimate of drug-likeness (QED) is 0.526. The van der Waals surface area contributed by atoms with Gasteiger partial charge in [-0.2, -0.15) is 0 Å². The molecule has 3 N–H and O–H groups in total. The van der Waals surface area contributed by atoms with E-state index in [1.54, 1.807) is 0 Å². The second-order valence-corrected chi connectivity index (χ2v) is 1.74. The van der Waals surface area contributed by atoms with E-state index in [9.17, 15) is 4.79 Å². The predicted octanol–water partition coefficient (Wildman–Crippen LogP) is 0.195. The first kappa shape index (κ1) is 5.81.